The quantitative estimate of drug-likeness (QED) is 0.197. The molecule has 2 aromatic carbocycles. The molecule has 0 radical (unpaired) electrons. The monoisotopic (exact) mass is 399 g/mol. The largest absolute Gasteiger partial charge is 0.508 e. The number of H-pyrrole nitrogens is 1. The molecular formula is C18H17N5O4S. The lowest BCUT2D eigenvalue weighted by Crippen LogP contribution is -2.02. The minimum atomic E-state index is -0.101. The standard InChI is InChI=1S/C18H17N5O4S/c1-27-14-4-2-3-11(7-14)16(26)10-28-18-20-17(22-23-18)21-19-9-12-5-6-13(24)8-15(12)25/h2-9,24-25H,10H2,1H3,(H2,20,21,22,23)/b19-9-. The fraction of sp³-hybridized carbons (Fsp3) is 0.111. The zero-order chi connectivity index (χ0) is 19.9. The van der Waals surface area contributed by atoms with Crippen molar-refractivity contribution in [2.24, 2.45) is 5.10 Å². The van der Waals surface area contributed by atoms with E-state index in [9.17, 15) is 15.0 Å². The van der Waals surface area contributed by atoms with E-state index in [1.807, 2.05) is 0 Å². The molecule has 0 unspecified atom stereocenters. The highest BCUT2D eigenvalue weighted by Crippen LogP contribution is 2.21. The molecule has 4 N–H and O–H groups in total. The molecule has 9 nitrogen and oxygen atoms in total. The van der Waals surface area contributed by atoms with E-state index in [2.05, 4.69) is 25.7 Å². The summed E-state index contributed by atoms with van der Waals surface area (Å²) in [4.78, 5) is 16.4. The van der Waals surface area contributed by atoms with Gasteiger partial charge in [-0.3, -0.25) is 4.79 Å². The van der Waals surface area contributed by atoms with Crippen molar-refractivity contribution in [2.75, 3.05) is 18.3 Å². The summed E-state index contributed by atoms with van der Waals surface area (Å²) < 4.78 is 5.12. The van der Waals surface area contributed by atoms with Gasteiger partial charge in [-0.15, -0.1) is 5.10 Å². The summed E-state index contributed by atoms with van der Waals surface area (Å²) in [6, 6.07) is 11.1. The molecule has 0 aliphatic rings. The van der Waals surface area contributed by atoms with Gasteiger partial charge >= 0.3 is 0 Å². The smallest absolute Gasteiger partial charge is 0.240 e. The third-order valence-electron chi connectivity index (χ3n) is 3.58. The molecule has 0 atom stereocenters. The second-order valence-electron chi connectivity index (χ2n) is 5.52. The minimum absolute atomic E-state index is 0.0389. The molecule has 1 aromatic heterocycles. The van der Waals surface area contributed by atoms with Crippen molar-refractivity contribution >= 4 is 29.7 Å². The number of carbonyl (C=O) groups excluding carboxylic acids is 1. The summed E-state index contributed by atoms with van der Waals surface area (Å²) >= 11 is 1.19. The van der Waals surface area contributed by atoms with Crippen LogP contribution in [-0.4, -0.2) is 50.3 Å². The van der Waals surface area contributed by atoms with Gasteiger partial charge in [0.05, 0.1) is 19.1 Å². The first kappa shape index (κ1) is 19.2. The van der Waals surface area contributed by atoms with Crippen molar-refractivity contribution in [2.45, 2.75) is 5.16 Å². The lowest BCUT2D eigenvalue weighted by atomic mass is 10.1. The van der Waals surface area contributed by atoms with Crippen molar-refractivity contribution in [3.05, 3.63) is 53.6 Å². The van der Waals surface area contributed by atoms with E-state index in [1.54, 1.807) is 31.4 Å². The number of hydrazone groups is 1. The number of thioether (sulfide) groups is 1. The third kappa shape index (κ3) is 5.01. The third-order valence-corrected chi connectivity index (χ3v) is 4.42. The van der Waals surface area contributed by atoms with Crippen LogP contribution in [0.2, 0.25) is 0 Å². The molecule has 144 valence electrons. The highest BCUT2D eigenvalue weighted by Gasteiger charge is 2.10. The Bertz CT molecular complexity index is 1010. The maximum Gasteiger partial charge on any atom is 0.240 e. The van der Waals surface area contributed by atoms with Gasteiger partial charge in [-0.1, -0.05) is 23.9 Å². The SMILES string of the molecule is COc1cccc(C(=O)CSc2n[nH]c(N/N=C\c3ccc(O)cc3O)n2)c1. The number of phenolic OH excluding ortho intramolecular Hbond substituents is 2. The van der Waals surface area contributed by atoms with Gasteiger partial charge in [0.15, 0.2) is 5.78 Å². The number of Topliss-reactive ketones (excluding diaryl/α,β-unsaturated/α-hetero) is 1. The molecule has 3 aromatic rings. The van der Waals surface area contributed by atoms with E-state index in [1.165, 1.54) is 36.2 Å². The highest BCUT2D eigenvalue weighted by atomic mass is 32.2. The number of ether oxygens (including phenoxy) is 1. The van der Waals surface area contributed by atoms with Gasteiger partial charge in [0, 0.05) is 17.2 Å². The number of anilines is 1. The van der Waals surface area contributed by atoms with Crippen LogP contribution >= 0.6 is 11.8 Å². The molecule has 0 saturated heterocycles. The molecule has 0 saturated carbocycles. The number of nitrogens with one attached hydrogen (secondary N) is 2. The van der Waals surface area contributed by atoms with Crippen LogP contribution in [0.15, 0.2) is 52.7 Å². The first-order chi connectivity index (χ1) is 13.5. The Labute approximate surface area is 164 Å². The van der Waals surface area contributed by atoms with Crippen molar-refractivity contribution in [3.8, 4) is 17.2 Å². The van der Waals surface area contributed by atoms with Crippen LogP contribution in [0.4, 0.5) is 5.95 Å². The Balaban J connectivity index is 1.53. The topological polar surface area (TPSA) is 133 Å². The van der Waals surface area contributed by atoms with Crippen LogP contribution in [0, 0.1) is 0 Å². The van der Waals surface area contributed by atoms with Crippen LogP contribution in [0.5, 0.6) is 17.2 Å². The Morgan fingerprint density at radius 3 is 2.96 bits per heavy atom. The predicted octanol–water partition coefficient (Wildman–Crippen LogP) is 2.65. The van der Waals surface area contributed by atoms with Gasteiger partial charge in [0.1, 0.15) is 17.2 Å². The lowest BCUT2D eigenvalue weighted by molar-refractivity contribution is 0.102. The van der Waals surface area contributed by atoms with E-state index < -0.39 is 0 Å². The molecule has 0 aliphatic heterocycles. The molecule has 10 heteroatoms. The van der Waals surface area contributed by atoms with Gasteiger partial charge in [0.25, 0.3) is 0 Å². The van der Waals surface area contributed by atoms with Crippen LogP contribution in [0.25, 0.3) is 0 Å². The van der Waals surface area contributed by atoms with E-state index in [-0.39, 0.29) is 29.0 Å². The maximum absolute atomic E-state index is 12.3. The van der Waals surface area contributed by atoms with Crippen molar-refractivity contribution in [1.82, 2.24) is 15.2 Å². The van der Waals surface area contributed by atoms with Gasteiger partial charge in [-0.25, -0.2) is 10.5 Å². The van der Waals surface area contributed by atoms with E-state index in [0.717, 1.165) is 0 Å². The molecule has 0 amide bonds. The maximum atomic E-state index is 12.3. The zero-order valence-electron chi connectivity index (χ0n) is 14.8. The number of aromatic amines is 1. The molecule has 28 heavy (non-hydrogen) atoms. The fourth-order valence-electron chi connectivity index (χ4n) is 2.18. The number of ketones is 1. The molecule has 0 bridgehead atoms. The van der Waals surface area contributed by atoms with Crippen molar-refractivity contribution in [3.63, 3.8) is 0 Å². The van der Waals surface area contributed by atoms with Crippen LogP contribution < -0.4 is 10.2 Å². The number of rotatable bonds is 8. The van der Waals surface area contributed by atoms with Gasteiger partial charge in [0.2, 0.25) is 11.1 Å². The summed E-state index contributed by atoms with van der Waals surface area (Å²) in [5.41, 5.74) is 3.62. The Morgan fingerprint density at radius 1 is 1.32 bits per heavy atom. The number of methoxy groups -OCH3 is 1. The number of hydrogen-bond donors (Lipinski definition) is 4. The van der Waals surface area contributed by atoms with Crippen LogP contribution in [0.3, 0.4) is 0 Å². The number of carbonyl (C=O) groups is 1. The Hall–Kier alpha value is -3.53. The summed E-state index contributed by atoms with van der Waals surface area (Å²) in [5.74, 6) is 0.876. The number of hydrogen-bond acceptors (Lipinski definition) is 9. The van der Waals surface area contributed by atoms with Crippen molar-refractivity contribution in [1.29, 1.82) is 0 Å². The number of aromatic hydroxyl groups is 2. The Morgan fingerprint density at radius 2 is 2.18 bits per heavy atom. The normalized spacial score (nSPS) is 10.9. The summed E-state index contributed by atoms with van der Waals surface area (Å²) in [7, 11) is 1.55. The van der Waals surface area contributed by atoms with E-state index in [4.69, 9.17) is 4.74 Å². The van der Waals surface area contributed by atoms with Crippen LogP contribution in [0.1, 0.15) is 15.9 Å². The van der Waals surface area contributed by atoms with Crippen LogP contribution in [-0.2, 0) is 0 Å². The number of nitrogens with zero attached hydrogens (tertiary/aromatic N) is 3. The summed E-state index contributed by atoms with van der Waals surface area (Å²) in [6.45, 7) is 0. The number of phenols is 2. The number of benzene rings is 2. The summed E-state index contributed by atoms with van der Waals surface area (Å²) in [5, 5.41) is 29.9. The molecule has 0 aliphatic carbocycles. The van der Waals surface area contributed by atoms with Crippen molar-refractivity contribution < 1.29 is 19.7 Å². The van der Waals surface area contributed by atoms with Gasteiger partial charge < -0.3 is 14.9 Å². The first-order valence-corrected chi connectivity index (χ1v) is 9.07. The summed E-state index contributed by atoms with van der Waals surface area (Å²) in [6.07, 6.45) is 1.37. The van der Waals surface area contributed by atoms with E-state index in [0.29, 0.717) is 22.0 Å². The lowest BCUT2D eigenvalue weighted by Gasteiger charge is -2.02. The Kier molecular flexibility index (Phi) is 6.12. The molecule has 0 spiro atoms. The van der Waals surface area contributed by atoms with Gasteiger partial charge in [-0.05, 0) is 24.3 Å². The second-order valence-corrected chi connectivity index (χ2v) is 6.47. The average molecular weight is 399 g/mol. The average Bonchev–Trinajstić information content (AvgIpc) is 3.15. The molecule has 0 fully saturated rings. The zero-order valence-corrected chi connectivity index (χ0v) is 15.6. The fourth-order valence-corrected chi connectivity index (χ4v) is 2.87. The molecule has 1 heterocycles. The minimum Gasteiger partial charge on any atom is -0.508 e. The predicted molar refractivity (Wildman–Crippen MR) is 105 cm³/mol. The first-order valence-electron chi connectivity index (χ1n) is 8.08. The number of aromatic nitrogens is 3. The van der Waals surface area contributed by atoms with Gasteiger partial charge in [-0.2, -0.15) is 10.1 Å². The van der Waals surface area contributed by atoms with E-state index >= 15 is 0 Å². The molecular weight excluding hydrogens is 382 g/mol. The molecule has 3 rings (SSSR count). The second kappa shape index (κ2) is 8.91. The highest BCUT2D eigenvalue weighted by molar-refractivity contribution is 7.99.